The minimum Gasteiger partial charge on any atom is -0.456 e. The maximum atomic E-state index is 15.8. The molecule has 67 heavy (non-hydrogen) atoms. The van der Waals surface area contributed by atoms with Crippen molar-refractivity contribution in [3.63, 3.8) is 0 Å². The van der Waals surface area contributed by atoms with Gasteiger partial charge in [0.1, 0.15) is 23.9 Å². The minimum absolute atomic E-state index is 0.0133. The molecule has 4 aromatic rings. The highest BCUT2D eigenvalue weighted by Crippen LogP contribution is 2.64. The Hall–Kier alpha value is -6.52. The molecule has 2 unspecified atom stereocenters. The van der Waals surface area contributed by atoms with Crippen LogP contribution in [0.25, 0.3) is 0 Å². The van der Waals surface area contributed by atoms with E-state index in [1.54, 1.807) is 111 Å². The molecular weight excluding hydrogens is 863 g/mol. The van der Waals surface area contributed by atoms with E-state index < -0.39 is 113 Å². The second-order valence-corrected chi connectivity index (χ2v) is 18.5. The number of carbonyl (C=O) groups excluding carboxylic acids is 6. The number of benzene rings is 4. The molecule has 11 atom stereocenters. The highest BCUT2D eigenvalue weighted by molar-refractivity contribution is 5.97. The standard InChI is InChI=1S/C52H53NO14/c1-29-35(65-48(61)40(56)39(31-18-10-6-11-19-31)53-45(58)32-20-12-7-13-21-32)27-52(62)44(66-46(59)33-22-14-8-15-23-33)42-50(5,43(57)41(64-30(2)54)38(29)49(52,3)4)36(55)26-37-51(42,28-63-37)67-47(60)34-24-16-9-17-25-34/h6-25,35-37,39-42,44,55-56,62H,26-28H2,1-5H3,(H,53,58)/t35-,36-,37+,39?,40+,41+,42?,44-,50+,51-,52+/m0/s1. The van der Waals surface area contributed by atoms with Crippen molar-refractivity contribution in [1.29, 1.82) is 0 Å². The number of ketones is 1. The smallest absolute Gasteiger partial charge is 0.338 e. The molecule has 1 aliphatic heterocycles. The van der Waals surface area contributed by atoms with E-state index in [1.807, 2.05) is 0 Å². The summed E-state index contributed by atoms with van der Waals surface area (Å²) in [6.07, 6.45) is -10.8. The monoisotopic (exact) mass is 915 g/mol. The SMILES string of the molecule is CC(=O)O[C@H]1C(=O)[C@@]2(C)C([C@H](OC(=O)c3ccccc3)[C@]3(O)C[C@H](OC(=O)[C@H](O)C(NC(=O)c4ccccc4)c4ccccc4)C(C)=C1C3(C)C)[C@]1(OC(=O)c3ccccc3)CO[C@@H]1C[C@@H]2O. The molecule has 3 fully saturated rings. The first-order valence-corrected chi connectivity index (χ1v) is 22.1. The van der Waals surface area contributed by atoms with Gasteiger partial charge < -0.3 is 44.3 Å². The van der Waals surface area contributed by atoms with Crippen LogP contribution in [-0.2, 0) is 38.1 Å². The second kappa shape index (κ2) is 17.9. The zero-order valence-electron chi connectivity index (χ0n) is 37.6. The Morgan fingerprint density at radius 2 is 1.30 bits per heavy atom. The first-order chi connectivity index (χ1) is 31.8. The molecule has 4 aromatic carbocycles. The van der Waals surface area contributed by atoms with Gasteiger partial charge in [-0.25, -0.2) is 14.4 Å². The average molecular weight is 916 g/mol. The van der Waals surface area contributed by atoms with Crippen LogP contribution >= 0.6 is 0 Å². The van der Waals surface area contributed by atoms with Gasteiger partial charge >= 0.3 is 23.9 Å². The van der Waals surface area contributed by atoms with Crippen LogP contribution in [0.3, 0.4) is 0 Å². The Morgan fingerprint density at radius 1 is 0.761 bits per heavy atom. The Kier molecular flexibility index (Phi) is 12.6. The average Bonchev–Trinajstić information content (AvgIpc) is 3.32. The van der Waals surface area contributed by atoms with E-state index in [1.165, 1.54) is 38.1 Å². The van der Waals surface area contributed by atoms with Crippen molar-refractivity contribution in [3.05, 3.63) is 155 Å². The third kappa shape index (κ3) is 8.03. The van der Waals surface area contributed by atoms with Crippen molar-refractivity contribution in [2.45, 2.75) is 101 Å². The second-order valence-electron chi connectivity index (χ2n) is 18.5. The normalized spacial score (nSPS) is 30.3. The van der Waals surface area contributed by atoms with E-state index in [4.69, 9.17) is 23.7 Å². The first-order valence-electron chi connectivity index (χ1n) is 22.1. The number of hydrogen-bond acceptors (Lipinski definition) is 14. The number of carbonyl (C=O) groups is 6. The highest BCUT2D eigenvalue weighted by Gasteiger charge is 2.78. The zero-order valence-corrected chi connectivity index (χ0v) is 37.6. The topological polar surface area (TPSA) is 221 Å². The number of rotatable bonds is 11. The lowest BCUT2D eigenvalue weighted by atomic mass is 9.44. The summed E-state index contributed by atoms with van der Waals surface area (Å²) < 4.78 is 31.0. The Labute approximate surface area is 387 Å². The van der Waals surface area contributed by atoms with Crippen LogP contribution in [0, 0.1) is 16.7 Å². The van der Waals surface area contributed by atoms with E-state index in [0.717, 1.165) is 6.92 Å². The van der Waals surface area contributed by atoms with Crippen molar-refractivity contribution >= 4 is 35.6 Å². The van der Waals surface area contributed by atoms with Gasteiger partial charge in [0.2, 0.25) is 0 Å². The maximum absolute atomic E-state index is 15.8. The molecule has 4 N–H and O–H groups in total. The molecule has 3 aliphatic carbocycles. The maximum Gasteiger partial charge on any atom is 0.338 e. The lowest BCUT2D eigenvalue weighted by Crippen LogP contribution is -2.82. The van der Waals surface area contributed by atoms with Gasteiger partial charge in [-0.3, -0.25) is 14.4 Å². The summed E-state index contributed by atoms with van der Waals surface area (Å²) >= 11 is 0. The number of amides is 1. The molecule has 350 valence electrons. The number of aliphatic hydroxyl groups is 3. The fourth-order valence-electron chi connectivity index (χ4n) is 10.7. The van der Waals surface area contributed by atoms with Crippen molar-refractivity contribution in [2.75, 3.05) is 6.61 Å². The molecular formula is C52H53NO14. The zero-order chi connectivity index (χ0) is 48.1. The lowest BCUT2D eigenvalue weighted by Gasteiger charge is -2.67. The summed E-state index contributed by atoms with van der Waals surface area (Å²) in [6.45, 7) is 6.80. The van der Waals surface area contributed by atoms with Gasteiger partial charge in [-0.05, 0) is 67.0 Å². The number of aliphatic hydroxyl groups excluding tert-OH is 2. The summed E-state index contributed by atoms with van der Waals surface area (Å²) in [6, 6.07) is 31.0. The third-order valence-corrected chi connectivity index (χ3v) is 14.4. The van der Waals surface area contributed by atoms with Gasteiger partial charge in [-0.2, -0.15) is 0 Å². The molecule has 8 rings (SSSR count). The van der Waals surface area contributed by atoms with Crippen molar-refractivity contribution in [3.8, 4) is 0 Å². The molecule has 0 aromatic heterocycles. The predicted octanol–water partition coefficient (Wildman–Crippen LogP) is 5.03. The largest absolute Gasteiger partial charge is 0.456 e. The first kappa shape index (κ1) is 47.0. The number of nitrogens with one attached hydrogen (secondary N) is 1. The molecule has 2 bridgehead atoms. The predicted molar refractivity (Wildman–Crippen MR) is 238 cm³/mol. The third-order valence-electron chi connectivity index (χ3n) is 14.4. The molecule has 15 heteroatoms. The summed E-state index contributed by atoms with van der Waals surface area (Å²) in [5.41, 5.74) is -7.15. The highest BCUT2D eigenvalue weighted by atomic mass is 16.6. The van der Waals surface area contributed by atoms with Gasteiger partial charge in [0.15, 0.2) is 23.6 Å². The van der Waals surface area contributed by atoms with Crippen LogP contribution in [0.5, 0.6) is 0 Å². The van der Waals surface area contributed by atoms with E-state index in [0.29, 0.717) is 5.56 Å². The van der Waals surface area contributed by atoms with Gasteiger partial charge in [-0.15, -0.1) is 0 Å². The van der Waals surface area contributed by atoms with Crippen molar-refractivity contribution in [2.24, 2.45) is 16.7 Å². The van der Waals surface area contributed by atoms with E-state index >= 15 is 4.79 Å². The molecule has 4 aliphatic rings. The van der Waals surface area contributed by atoms with E-state index in [-0.39, 0.29) is 40.9 Å². The summed E-state index contributed by atoms with van der Waals surface area (Å²) in [5, 5.41) is 40.8. The Balaban J connectivity index is 1.29. The van der Waals surface area contributed by atoms with Crippen molar-refractivity contribution in [1.82, 2.24) is 5.32 Å². The van der Waals surface area contributed by atoms with Crippen LogP contribution in [-0.4, -0.2) is 105 Å². The molecule has 1 amide bonds. The molecule has 1 saturated heterocycles. The number of Topliss-reactive ketones (excluding diaryl/α,β-unsaturated/α-hetero) is 1. The molecule has 0 radical (unpaired) electrons. The Morgan fingerprint density at radius 3 is 1.84 bits per heavy atom. The van der Waals surface area contributed by atoms with Gasteiger partial charge in [0, 0.05) is 30.7 Å². The van der Waals surface area contributed by atoms with Crippen molar-refractivity contribution < 1.29 is 67.8 Å². The van der Waals surface area contributed by atoms with E-state index in [2.05, 4.69) is 5.32 Å². The molecule has 2 saturated carbocycles. The fraction of sp³-hybridized carbons (Fsp3) is 0.385. The molecule has 1 heterocycles. The summed E-state index contributed by atoms with van der Waals surface area (Å²) in [7, 11) is 0. The van der Waals surface area contributed by atoms with Crippen LogP contribution < -0.4 is 5.32 Å². The summed E-state index contributed by atoms with van der Waals surface area (Å²) in [4.78, 5) is 85.5. The van der Waals surface area contributed by atoms with E-state index in [9.17, 15) is 39.3 Å². The Bertz CT molecular complexity index is 2590. The van der Waals surface area contributed by atoms with Crippen LogP contribution in [0.1, 0.15) is 90.1 Å². The van der Waals surface area contributed by atoms with Gasteiger partial charge in [0.25, 0.3) is 5.91 Å². The number of hydrogen-bond donors (Lipinski definition) is 4. The van der Waals surface area contributed by atoms with Gasteiger partial charge in [-0.1, -0.05) is 98.8 Å². The minimum atomic E-state index is -2.43. The van der Waals surface area contributed by atoms with Crippen LogP contribution in [0.2, 0.25) is 0 Å². The van der Waals surface area contributed by atoms with Crippen LogP contribution in [0.15, 0.2) is 132 Å². The summed E-state index contributed by atoms with van der Waals surface area (Å²) in [5.74, 6) is -7.00. The quantitative estimate of drug-likeness (QED) is 0.0881. The lowest BCUT2D eigenvalue weighted by molar-refractivity contribution is -0.341. The molecule has 0 spiro atoms. The van der Waals surface area contributed by atoms with Gasteiger partial charge in [0.05, 0.1) is 41.2 Å². The number of esters is 4. The van der Waals surface area contributed by atoms with Crippen LogP contribution in [0.4, 0.5) is 0 Å². The number of ether oxygens (including phenoxy) is 5. The fourth-order valence-corrected chi connectivity index (χ4v) is 10.7. The number of fused-ring (bicyclic) bond motifs is 5. The molecule has 15 nitrogen and oxygen atoms in total.